The Bertz CT molecular complexity index is 815. The van der Waals surface area contributed by atoms with Crippen LogP contribution >= 0.6 is 11.6 Å². The van der Waals surface area contributed by atoms with Crippen molar-refractivity contribution in [2.24, 2.45) is 0 Å². The monoisotopic (exact) mass is 344 g/mol. The van der Waals surface area contributed by atoms with Gasteiger partial charge in [-0.05, 0) is 42.8 Å². The molecule has 0 atom stereocenters. The fourth-order valence-corrected chi connectivity index (χ4v) is 2.59. The van der Waals surface area contributed by atoms with Crippen molar-refractivity contribution in [3.8, 4) is 5.75 Å². The molecule has 2 aromatic carbocycles. The minimum atomic E-state index is -0.612. The van der Waals surface area contributed by atoms with Gasteiger partial charge < -0.3 is 4.74 Å². The molecule has 1 heterocycles. The third-order valence-corrected chi connectivity index (χ3v) is 3.76. The number of imide groups is 1. The number of hydrogen-bond acceptors (Lipinski definition) is 4. The van der Waals surface area contributed by atoms with Crippen LogP contribution in [0.2, 0.25) is 5.02 Å². The quantitative estimate of drug-likeness (QED) is 0.864. The molecule has 0 bridgehead atoms. The highest BCUT2D eigenvalue weighted by molar-refractivity contribution is 6.30. The Hall–Kier alpha value is -2.86. The maximum Gasteiger partial charge on any atom is 0.280 e. The molecule has 7 heteroatoms. The van der Waals surface area contributed by atoms with E-state index in [-0.39, 0.29) is 17.7 Å². The number of nitrogens with zero attached hydrogens (tertiary/aromatic N) is 1. The Morgan fingerprint density at radius 3 is 2.33 bits per heavy atom. The highest BCUT2D eigenvalue weighted by Crippen LogP contribution is 2.22. The summed E-state index contributed by atoms with van der Waals surface area (Å²) >= 11 is 5.85. The van der Waals surface area contributed by atoms with Crippen LogP contribution in [-0.2, 0) is 4.79 Å². The highest BCUT2D eigenvalue weighted by atomic mass is 35.5. The van der Waals surface area contributed by atoms with E-state index in [0.29, 0.717) is 15.8 Å². The Morgan fingerprint density at radius 1 is 1.12 bits per heavy atom. The summed E-state index contributed by atoms with van der Waals surface area (Å²) in [7, 11) is 0. The zero-order valence-corrected chi connectivity index (χ0v) is 13.5. The number of nitrogens with one attached hydrogen (secondary N) is 1. The number of fused-ring (bicyclic) bond motifs is 1. The van der Waals surface area contributed by atoms with Crippen LogP contribution in [-0.4, -0.2) is 29.3 Å². The average molecular weight is 345 g/mol. The molecule has 0 aliphatic carbocycles. The Balaban J connectivity index is 1.64. The van der Waals surface area contributed by atoms with Gasteiger partial charge in [0.1, 0.15) is 5.75 Å². The molecular formula is C17H13ClN2O4. The highest BCUT2D eigenvalue weighted by Gasteiger charge is 2.36. The molecular weight excluding hydrogens is 332 g/mol. The molecule has 122 valence electrons. The van der Waals surface area contributed by atoms with Crippen LogP contribution in [0, 0.1) is 6.92 Å². The lowest BCUT2D eigenvalue weighted by atomic mass is 10.1. The molecule has 2 aromatic rings. The zero-order chi connectivity index (χ0) is 17.3. The van der Waals surface area contributed by atoms with Crippen molar-refractivity contribution in [2.45, 2.75) is 6.92 Å². The second-order valence-corrected chi connectivity index (χ2v) is 5.66. The van der Waals surface area contributed by atoms with Crippen molar-refractivity contribution in [1.29, 1.82) is 0 Å². The number of hydrogen-bond donors (Lipinski definition) is 1. The summed E-state index contributed by atoms with van der Waals surface area (Å²) in [4.78, 5) is 36.3. The van der Waals surface area contributed by atoms with Crippen LogP contribution in [0.15, 0.2) is 42.5 Å². The first-order chi connectivity index (χ1) is 11.5. The van der Waals surface area contributed by atoms with E-state index in [4.69, 9.17) is 16.3 Å². The van der Waals surface area contributed by atoms with E-state index in [9.17, 15) is 14.4 Å². The normalized spacial score (nSPS) is 13.0. The number of hydrazine groups is 1. The van der Waals surface area contributed by atoms with E-state index in [1.54, 1.807) is 37.3 Å². The largest absolute Gasteiger partial charge is 0.483 e. The minimum Gasteiger partial charge on any atom is -0.483 e. The van der Waals surface area contributed by atoms with E-state index >= 15 is 0 Å². The van der Waals surface area contributed by atoms with Crippen molar-refractivity contribution >= 4 is 29.3 Å². The lowest BCUT2D eigenvalue weighted by Gasteiger charge is -2.15. The number of benzene rings is 2. The van der Waals surface area contributed by atoms with Crippen LogP contribution in [0.25, 0.3) is 0 Å². The third kappa shape index (κ3) is 2.96. The Morgan fingerprint density at radius 2 is 1.75 bits per heavy atom. The second kappa shape index (κ2) is 6.33. The molecule has 24 heavy (non-hydrogen) atoms. The van der Waals surface area contributed by atoms with E-state index < -0.39 is 17.7 Å². The van der Waals surface area contributed by atoms with Crippen LogP contribution in [0.3, 0.4) is 0 Å². The first-order valence-corrected chi connectivity index (χ1v) is 7.51. The van der Waals surface area contributed by atoms with Gasteiger partial charge in [0.25, 0.3) is 17.7 Å². The number of halogens is 1. The Kier molecular flexibility index (Phi) is 4.22. The van der Waals surface area contributed by atoms with Crippen molar-refractivity contribution in [2.75, 3.05) is 6.61 Å². The number of aryl methyl sites for hydroxylation is 1. The first kappa shape index (κ1) is 16.0. The summed E-state index contributed by atoms with van der Waals surface area (Å²) in [5.74, 6) is -1.24. The van der Waals surface area contributed by atoms with Gasteiger partial charge in [-0.1, -0.05) is 23.7 Å². The predicted octanol–water partition coefficient (Wildman–Crippen LogP) is 2.35. The van der Waals surface area contributed by atoms with Gasteiger partial charge in [0.15, 0.2) is 6.61 Å². The summed E-state index contributed by atoms with van der Waals surface area (Å²) in [5.41, 5.74) is 3.57. The second-order valence-electron chi connectivity index (χ2n) is 5.22. The topological polar surface area (TPSA) is 75.7 Å². The first-order valence-electron chi connectivity index (χ1n) is 7.13. The number of rotatable bonds is 4. The fraction of sp³-hybridized carbons (Fsp3) is 0.118. The van der Waals surface area contributed by atoms with E-state index in [0.717, 1.165) is 5.56 Å². The number of amides is 3. The molecule has 0 radical (unpaired) electrons. The third-order valence-electron chi connectivity index (χ3n) is 3.53. The van der Waals surface area contributed by atoms with Crippen molar-refractivity contribution in [3.05, 3.63) is 64.2 Å². The molecule has 1 aliphatic rings. The molecule has 0 aromatic heterocycles. The molecule has 0 spiro atoms. The molecule has 1 N–H and O–H groups in total. The maximum absolute atomic E-state index is 12.1. The van der Waals surface area contributed by atoms with E-state index in [1.807, 2.05) is 0 Å². The average Bonchev–Trinajstić information content (AvgIpc) is 2.79. The smallest absolute Gasteiger partial charge is 0.280 e. The van der Waals surface area contributed by atoms with Gasteiger partial charge >= 0.3 is 0 Å². The molecule has 0 saturated carbocycles. The molecule has 0 fully saturated rings. The van der Waals surface area contributed by atoms with Gasteiger partial charge in [0.05, 0.1) is 11.1 Å². The Labute approximate surface area is 142 Å². The molecule has 0 unspecified atom stereocenters. The molecule has 3 amide bonds. The number of ether oxygens (including phenoxy) is 1. The zero-order valence-electron chi connectivity index (χ0n) is 12.7. The van der Waals surface area contributed by atoms with Crippen molar-refractivity contribution in [1.82, 2.24) is 10.4 Å². The van der Waals surface area contributed by atoms with Crippen LogP contribution in [0.4, 0.5) is 0 Å². The van der Waals surface area contributed by atoms with Crippen molar-refractivity contribution < 1.29 is 19.1 Å². The molecule has 0 saturated heterocycles. The number of carbonyl (C=O) groups excluding carboxylic acids is 3. The SMILES string of the molecule is Cc1cc(Cl)ccc1OCC(=O)NN1C(=O)c2ccccc2C1=O. The molecule has 6 nitrogen and oxygen atoms in total. The fourth-order valence-electron chi connectivity index (χ4n) is 2.37. The predicted molar refractivity (Wildman–Crippen MR) is 86.8 cm³/mol. The molecule has 3 rings (SSSR count). The van der Waals surface area contributed by atoms with Crippen LogP contribution < -0.4 is 10.2 Å². The van der Waals surface area contributed by atoms with Crippen LogP contribution in [0.1, 0.15) is 26.3 Å². The standard InChI is InChI=1S/C17H13ClN2O4/c1-10-8-11(18)6-7-14(10)24-9-15(21)19-20-16(22)12-4-2-3-5-13(12)17(20)23/h2-8H,9H2,1H3,(H,19,21). The summed E-state index contributed by atoms with van der Waals surface area (Å²) in [6.07, 6.45) is 0. The van der Waals surface area contributed by atoms with Gasteiger partial charge in [0.2, 0.25) is 0 Å². The van der Waals surface area contributed by atoms with E-state index in [2.05, 4.69) is 5.43 Å². The number of carbonyl (C=O) groups is 3. The van der Waals surface area contributed by atoms with Gasteiger partial charge in [-0.15, -0.1) is 0 Å². The summed E-state index contributed by atoms with van der Waals surface area (Å²) < 4.78 is 5.39. The van der Waals surface area contributed by atoms with Crippen LogP contribution in [0.5, 0.6) is 5.75 Å². The summed E-state index contributed by atoms with van der Waals surface area (Å²) in [6, 6.07) is 11.4. The lowest BCUT2D eigenvalue weighted by molar-refractivity contribution is -0.126. The minimum absolute atomic E-state index is 0.261. The molecule has 1 aliphatic heterocycles. The van der Waals surface area contributed by atoms with E-state index in [1.165, 1.54) is 12.1 Å². The summed E-state index contributed by atoms with van der Waals surface area (Å²) in [6.45, 7) is 1.46. The maximum atomic E-state index is 12.1. The van der Waals surface area contributed by atoms with Crippen molar-refractivity contribution in [3.63, 3.8) is 0 Å². The summed E-state index contributed by atoms with van der Waals surface area (Å²) in [5, 5.41) is 1.26. The van der Waals surface area contributed by atoms with Gasteiger partial charge in [-0.2, -0.15) is 5.01 Å². The van der Waals surface area contributed by atoms with Gasteiger partial charge in [0, 0.05) is 5.02 Å². The lowest BCUT2D eigenvalue weighted by Crippen LogP contribution is -2.47. The van der Waals surface area contributed by atoms with Gasteiger partial charge in [-0.3, -0.25) is 19.8 Å². The van der Waals surface area contributed by atoms with Gasteiger partial charge in [-0.25, -0.2) is 0 Å².